The molecular weight excluding hydrogens is 945 g/mol. The normalized spacial score (nSPS) is 23.6. The van der Waals surface area contributed by atoms with E-state index in [1.54, 1.807) is 97.1 Å². The van der Waals surface area contributed by atoms with Gasteiger partial charge in [-0.1, -0.05) is 72.8 Å². The quantitative estimate of drug-likeness (QED) is 0.0776. The Balaban J connectivity index is 1.47. The van der Waals surface area contributed by atoms with Gasteiger partial charge in [-0.15, -0.1) is 0 Å². The fourth-order valence-electron chi connectivity index (χ4n) is 7.67. The molecule has 0 spiro atoms. The van der Waals surface area contributed by atoms with E-state index in [4.69, 9.17) is 61.6 Å². The van der Waals surface area contributed by atoms with Crippen LogP contribution in [0, 0.1) is 0 Å². The summed E-state index contributed by atoms with van der Waals surface area (Å²) in [7, 11) is 1.51. The molecule has 6 rings (SSSR count). The highest BCUT2D eigenvalue weighted by Crippen LogP contribution is 2.37. The number of hydrogen-bond acceptors (Lipinski definition) is 20. The molecule has 72 heavy (non-hydrogen) atoms. The van der Waals surface area contributed by atoms with E-state index in [1.807, 2.05) is 0 Å². The van der Waals surface area contributed by atoms with Crippen molar-refractivity contribution in [3.05, 3.63) is 137 Å². The molecule has 0 aliphatic carbocycles. The lowest BCUT2D eigenvalue weighted by molar-refractivity contribution is -0.364. The molecule has 0 aromatic heterocycles. The minimum atomic E-state index is -1.81. The Bertz CT molecular complexity index is 2450. The van der Waals surface area contributed by atoms with Crippen molar-refractivity contribution >= 4 is 41.8 Å². The van der Waals surface area contributed by atoms with Crippen LogP contribution in [0.2, 0.25) is 0 Å². The van der Waals surface area contributed by atoms with Crippen LogP contribution in [0.3, 0.4) is 0 Å². The molecule has 2 heterocycles. The predicted octanol–water partition coefficient (Wildman–Crippen LogP) is 5.14. The van der Waals surface area contributed by atoms with Gasteiger partial charge in [0.15, 0.2) is 37.0 Å². The van der Waals surface area contributed by atoms with Crippen molar-refractivity contribution in [3.63, 3.8) is 0 Å². The van der Waals surface area contributed by atoms with Gasteiger partial charge in [0.2, 0.25) is 0 Å². The summed E-state index contributed by atoms with van der Waals surface area (Å²) in [4.78, 5) is 89.6. The van der Waals surface area contributed by atoms with Crippen molar-refractivity contribution < 1.29 is 95.1 Å². The van der Waals surface area contributed by atoms with Gasteiger partial charge in [-0.3, -0.25) is 24.0 Å². The van der Waals surface area contributed by atoms with E-state index in [0.29, 0.717) is 22.4 Å². The highest BCUT2D eigenvalue weighted by atomic mass is 16.8. The predicted molar refractivity (Wildman–Crippen MR) is 246 cm³/mol. The number of hydrogen-bond donors (Lipinski definition) is 0. The van der Waals surface area contributed by atoms with Crippen molar-refractivity contribution in [1.29, 1.82) is 0 Å². The molecule has 2 aliphatic rings. The second kappa shape index (κ2) is 26.3. The van der Waals surface area contributed by atoms with Gasteiger partial charge in [0, 0.05) is 34.6 Å². The van der Waals surface area contributed by atoms with Gasteiger partial charge in [0.05, 0.1) is 31.5 Å². The Morgan fingerprint density at radius 1 is 0.417 bits per heavy atom. The van der Waals surface area contributed by atoms with Crippen molar-refractivity contribution in [2.45, 2.75) is 116 Å². The molecule has 4 aromatic rings. The summed E-state index contributed by atoms with van der Waals surface area (Å²) < 4.78 is 77.9. The monoisotopic (exact) mass is 1000 g/mol. The minimum Gasteiger partial charge on any atom is -0.497 e. The van der Waals surface area contributed by atoms with Gasteiger partial charge >= 0.3 is 41.8 Å². The first-order chi connectivity index (χ1) is 34.6. The first-order valence-electron chi connectivity index (χ1n) is 22.7. The van der Waals surface area contributed by atoms with Crippen molar-refractivity contribution in [2.24, 2.45) is 0 Å². The lowest BCUT2D eigenvalue weighted by Crippen LogP contribution is -2.67. The van der Waals surface area contributed by atoms with E-state index in [1.165, 1.54) is 26.2 Å². The number of rotatable bonds is 21. The first kappa shape index (κ1) is 54.1. The summed E-state index contributed by atoms with van der Waals surface area (Å²) in [6, 6.07) is 30.0. The van der Waals surface area contributed by atoms with E-state index in [2.05, 4.69) is 0 Å². The summed E-state index contributed by atoms with van der Waals surface area (Å²) in [6.45, 7) is 4.21. The Hall–Kier alpha value is -7.23. The van der Waals surface area contributed by atoms with Crippen LogP contribution in [-0.2, 0) is 101 Å². The van der Waals surface area contributed by atoms with Gasteiger partial charge in [-0.05, 0) is 53.1 Å². The molecule has 0 unspecified atom stereocenters. The zero-order chi connectivity index (χ0) is 51.7. The topological polar surface area (TPSA) is 239 Å². The summed E-state index contributed by atoms with van der Waals surface area (Å²) >= 11 is 0. The van der Waals surface area contributed by atoms with Crippen LogP contribution in [0.4, 0.5) is 0 Å². The van der Waals surface area contributed by atoms with Gasteiger partial charge in [0.25, 0.3) is 0 Å². The lowest BCUT2D eigenvalue weighted by atomic mass is 9.95. The number of esters is 7. The van der Waals surface area contributed by atoms with Crippen LogP contribution < -0.4 is 4.74 Å². The number of benzene rings is 4. The standard InChI is InChI=1S/C52H56O20/c1-30(53)61-25-35-17-19-36(20-18-35)27-65-51-47(71-50(59)39-15-11-8-12-16-39)45(63-26-37-21-23-40(60-6)24-22-37)43(42(69-51)29-64-49(58)38-13-9-7-10-14-38)72-52-48(68-34(5)57)46(67-33(4)56)44(66-32(3)55)41(70-52)28-62-31(2)54/h7-24,41-48,51-52H,25-29H2,1-6H3/t41-,42-,43+,44-,45+,46+,47-,48-,51-,52+/m1/s1. The Labute approximate surface area is 414 Å². The fourth-order valence-corrected chi connectivity index (χ4v) is 7.67. The van der Waals surface area contributed by atoms with Gasteiger partial charge < -0.3 is 61.6 Å². The largest absolute Gasteiger partial charge is 0.497 e. The van der Waals surface area contributed by atoms with Crippen LogP contribution >= 0.6 is 0 Å². The molecule has 0 radical (unpaired) electrons. The lowest BCUT2D eigenvalue weighted by Gasteiger charge is -2.49. The van der Waals surface area contributed by atoms with Crippen LogP contribution in [0.15, 0.2) is 109 Å². The molecule has 2 aliphatic heterocycles. The minimum absolute atomic E-state index is 0.0389. The molecule has 2 saturated heterocycles. The molecule has 20 heteroatoms. The van der Waals surface area contributed by atoms with Crippen molar-refractivity contribution in [3.8, 4) is 5.75 Å². The van der Waals surface area contributed by atoms with Gasteiger partial charge in [0.1, 0.15) is 50.0 Å². The van der Waals surface area contributed by atoms with Gasteiger partial charge in [-0.25, -0.2) is 9.59 Å². The number of ether oxygens (including phenoxy) is 13. The van der Waals surface area contributed by atoms with E-state index >= 15 is 0 Å². The maximum atomic E-state index is 14.2. The average Bonchev–Trinajstić information content (AvgIpc) is 3.36. The van der Waals surface area contributed by atoms with Crippen molar-refractivity contribution in [2.75, 3.05) is 20.3 Å². The van der Waals surface area contributed by atoms with Crippen LogP contribution in [0.1, 0.15) is 72.0 Å². The zero-order valence-electron chi connectivity index (χ0n) is 40.4. The van der Waals surface area contributed by atoms with Crippen molar-refractivity contribution in [1.82, 2.24) is 0 Å². The highest BCUT2D eigenvalue weighted by molar-refractivity contribution is 5.90. The first-order valence-corrected chi connectivity index (χ1v) is 22.7. The molecule has 4 aromatic carbocycles. The molecule has 0 amide bonds. The van der Waals surface area contributed by atoms with E-state index in [9.17, 15) is 33.6 Å². The summed E-state index contributed by atoms with van der Waals surface area (Å²) in [5.74, 6) is -4.87. The summed E-state index contributed by atoms with van der Waals surface area (Å²) in [5, 5.41) is 0. The summed E-state index contributed by atoms with van der Waals surface area (Å²) in [5.41, 5.74) is 2.27. The Morgan fingerprint density at radius 3 is 1.43 bits per heavy atom. The molecule has 384 valence electrons. The second-order valence-corrected chi connectivity index (χ2v) is 16.4. The summed E-state index contributed by atoms with van der Waals surface area (Å²) in [6.07, 6.45) is -15.6. The highest BCUT2D eigenvalue weighted by Gasteiger charge is 2.57. The molecule has 20 nitrogen and oxygen atoms in total. The molecule has 0 bridgehead atoms. The third-order valence-electron chi connectivity index (χ3n) is 11.0. The third-order valence-corrected chi connectivity index (χ3v) is 11.0. The smallest absolute Gasteiger partial charge is 0.338 e. The molecule has 0 saturated carbocycles. The van der Waals surface area contributed by atoms with E-state index < -0.39 is 116 Å². The van der Waals surface area contributed by atoms with Gasteiger partial charge in [-0.2, -0.15) is 0 Å². The SMILES string of the molecule is COc1ccc(CO[C@H]2[C@@H](O[C@@H]3O[C@H](COC(C)=O)[C@@H](OC(C)=O)[C@H](OC(C)=O)[C@H]3OC(C)=O)[C@@H](COC(=O)c3ccccc3)O[C@@H](OCc3ccc(COC(C)=O)cc3)[C@@H]2OC(=O)c2ccccc2)cc1. The average molecular weight is 1000 g/mol. The van der Waals surface area contributed by atoms with E-state index in [-0.39, 0.29) is 30.9 Å². The van der Waals surface area contributed by atoms with Crippen LogP contribution in [0.25, 0.3) is 0 Å². The molecule has 2 fully saturated rings. The Morgan fingerprint density at radius 2 is 0.875 bits per heavy atom. The Kier molecular flexibility index (Phi) is 19.8. The molecular formula is C52H56O20. The third kappa shape index (κ3) is 15.6. The molecule has 10 atom stereocenters. The van der Waals surface area contributed by atoms with Crippen LogP contribution in [-0.4, -0.2) is 124 Å². The maximum Gasteiger partial charge on any atom is 0.338 e. The number of carbonyl (C=O) groups excluding carboxylic acids is 7. The van der Waals surface area contributed by atoms with E-state index in [0.717, 1.165) is 27.7 Å². The molecule has 0 N–H and O–H groups in total. The van der Waals surface area contributed by atoms with Crippen LogP contribution in [0.5, 0.6) is 5.75 Å². The second-order valence-electron chi connectivity index (χ2n) is 16.4. The number of methoxy groups -OCH3 is 1. The zero-order valence-corrected chi connectivity index (χ0v) is 40.4. The number of carbonyl (C=O) groups is 7. The fraction of sp³-hybridized carbons (Fsp3) is 0.404. The maximum absolute atomic E-state index is 14.2.